The van der Waals surface area contributed by atoms with Crippen LogP contribution in [0.1, 0.15) is 23.8 Å². The van der Waals surface area contributed by atoms with Crippen molar-refractivity contribution >= 4 is 17.6 Å². The van der Waals surface area contributed by atoms with Gasteiger partial charge in [0.2, 0.25) is 0 Å². The van der Waals surface area contributed by atoms with Crippen LogP contribution in [0.5, 0.6) is 0 Å². The largest absolute Gasteiger partial charge is 0.461 e. The number of hydrogen-bond donors (Lipinski definition) is 1. The van der Waals surface area contributed by atoms with Crippen molar-refractivity contribution in [3.05, 3.63) is 35.0 Å². The lowest BCUT2D eigenvalue weighted by Gasteiger charge is -2.08. The summed E-state index contributed by atoms with van der Waals surface area (Å²) < 4.78 is 6.70. The zero-order valence-corrected chi connectivity index (χ0v) is 12.5. The summed E-state index contributed by atoms with van der Waals surface area (Å²) >= 11 is 5.90. The summed E-state index contributed by atoms with van der Waals surface area (Å²) in [6.45, 7) is 3.16. The Labute approximate surface area is 127 Å². The molecule has 1 aromatic carbocycles. The summed E-state index contributed by atoms with van der Waals surface area (Å²) in [6.07, 6.45) is 0.742. The standard InChI is InChI=1S/C14H17ClN4O2/c1-2-21-14(20)12-13(10-4-6-11(15)7-5-10)19(18-17-12)9-3-8-16/h4-7H,2-3,8-9,16H2,1H3. The van der Waals surface area contributed by atoms with Crippen LogP contribution >= 0.6 is 11.6 Å². The van der Waals surface area contributed by atoms with E-state index in [-0.39, 0.29) is 12.3 Å². The summed E-state index contributed by atoms with van der Waals surface area (Å²) in [5, 5.41) is 8.61. The zero-order valence-electron chi connectivity index (χ0n) is 11.8. The van der Waals surface area contributed by atoms with Gasteiger partial charge in [-0.25, -0.2) is 9.48 Å². The number of nitrogens with zero attached hydrogens (tertiary/aromatic N) is 3. The van der Waals surface area contributed by atoms with Crippen molar-refractivity contribution in [2.24, 2.45) is 5.73 Å². The van der Waals surface area contributed by atoms with Crippen LogP contribution in [0.3, 0.4) is 0 Å². The molecule has 0 bridgehead atoms. The molecule has 0 aliphatic heterocycles. The number of hydrogen-bond acceptors (Lipinski definition) is 5. The summed E-state index contributed by atoms with van der Waals surface area (Å²) in [5.74, 6) is -0.485. The van der Waals surface area contributed by atoms with Crippen LogP contribution in [0.2, 0.25) is 5.02 Å². The van der Waals surface area contributed by atoms with Gasteiger partial charge >= 0.3 is 5.97 Å². The normalized spacial score (nSPS) is 10.6. The molecule has 0 atom stereocenters. The Bertz CT molecular complexity index is 610. The highest BCUT2D eigenvalue weighted by Gasteiger charge is 2.22. The number of nitrogens with two attached hydrogens (primary N) is 1. The van der Waals surface area contributed by atoms with Crippen LogP contribution in [0.4, 0.5) is 0 Å². The number of carbonyl (C=O) groups excluding carboxylic acids is 1. The Morgan fingerprint density at radius 3 is 2.71 bits per heavy atom. The average molecular weight is 309 g/mol. The van der Waals surface area contributed by atoms with Crippen molar-refractivity contribution in [1.29, 1.82) is 0 Å². The number of aryl methyl sites for hydroxylation is 1. The van der Waals surface area contributed by atoms with Crippen LogP contribution in [-0.4, -0.2) is 34.1 Å². The maximum Gasteiger partial charge on any atom is 0.361 e. The minimum Gasteiger partial charge on any atom is -0.461 e. The molecule has 6 nitrogen and oxygen atoms in total. The van der Waals surface area contributed by atoms with E-state index in [1.54, 1.807) is 23.7 Å². The van der Waals surface area contributed by atoms with Crippen molar-refractivity contribution in [3.8, 4) is 11.3 Å². The van der Waals surface area contributed by atoms with Gasteiger partial charge in [-0.05, 0) is 32.0 Å². The third-order valence-corrected chi connectivity index (χ3v) is 3.15. The molecule has 21 heavy (non-hydrogen) atoms. The third-order valence-electron chi connectivity index (χ3n) is 2.90. The maximum atomic E-state index is 12.0. The summed E-state index contributed by atoms with van der Waals surface area (Å²) in [6, 6.07) is 7.16. The van der Waals surface area contributed by atoms with Crippen molar-refractivity contribution in [2.75, 3.05) is 13.2 Å². The first-order chi connectivity index (χ1) is 10.2. The van der Waals surface area contributed by atoms with Gasteiger partial charge < -0.3 is 10.5 Å². The van der Waals surface area contributed by atoms with Crippen molar-refractivity contribution in [3.63, 3.8) is 0 Å². The fourth-order valence-electron chi connectivity index (χ4n) is 1.94. The molecule has 0 saturated carbocycles. The van der Waals surface area contributed by atoms with Gasteiger partial charge in [-0.1, -0.05) is 28.9 Å². The SMILES string of the molecule is CCOC(=O)c1nnn(CCCN)c1-c1ccc(Cl)cc1. The third kappa shape index (κ3) is 3.59. The molecule has 7 heteroatoms. The molecule has 0 saturated heterocycles. The molecule has 0 spiro atoms. The molecule has 0 aliphatic rings. The lowest BCUT2D eigenvalue weighted by atomic mass is 10.1. The average Bonchev–Trinajstić information content (AvgIpc) is 2.90. The Morgan fingerprint density at radius 2 is 2.10 bits per heavy atom. The number of rotatable bonds is 6. The highest BCUT2D eigenvalue weighted by atomic mass is 35.5. The van der Waals surface area contributed by atoms with E-state index in [1.807, 2.05) is 12.1 Å². The van der Waals surface area contributed by atoms with Crippen LogP contribution in [0.25, 0.3) is 11.3 Å². The van der Waals surface area contributed by atoms with Gasteiger partial charge in [0.05, 0.1) is 6.61 Å². The van der Waals surface area contributed by atoms with Gasteiger partial charge in [-0.15, -0.1) is 5.10 Å². The molecule has 2 N–H and O–H groups in total. The monoisotopic (exact) mass is 308 g/mol. The van der Waals surface area contributed by atoms with E-state index in [4.69, 9.17) is 22.1 Å². The first-order valence-electron chi connectivity index (χ1n) is 6.74. The predicted octanol–water partition coefficient (Wildman–Crippen LogP) is 2.12. The fraction of sp³-hybridized carbons (Fsp3) is 0.357. The zero-order chi connectivity index (χ0) is 15.2. The maximum absolute atomic E-state index is 12.0. The second-order valence-electron chi connectivity index (χ2n) is 4.38. The van der Waals surface area contributed by atoms with Crippen molar-refractivity contribution < 1.29 is 9.53 Å². The highest BCUT2D eigenvalue weighted by Crippen LogP contribution is 2.24. The summed E-state index contributed by atoms with van der Waals surface area (Å²) in [5.41, 5.74) is 7.17. The van der Waals surface area contributed by atoms with E-state index in [0.717, 1.165) is 12.0 Å². The first-order valence-corrected chi connectivity index (χ1v) is 7.11. The number of esters is 1. The predicted molar refractivity (Wildman–Crippen MR) is 80.1 cm³/mol. The van der Waals surface area contributed by atoms with E-state index in [9.17, 15) is 4.79 Å². The summed E-state index contributed by atoms with van der Waals surface area (Å²) in [7, 11) is 0. The Balaban J connectivity index is 2.44. The molecular weight excluding hydrogens is 292 g/mol. The van der Waals surface area contributed by atoms with Gasteiger partial charge in [0.1, 0.15) is 5.69 Å². The molecular formula is C14H17ClN4O2. The molecule has 0 aliphatic carbocycles. The molecule has 1 heterocycles. The molecule has 2 rings (SSSR count). The van der Waals surface area contributed by atoms with Crippen molar-refractivity contribution in [1.82, 2.24) is 15.0 Å². The molecule has 2 aromatic rings. The topological polar surface area (TPSA) is 83.0 Å². The van der Waals surface area contributed by atoms with E-state index < -0.39 is 5.97 Å². The van der Waals surface area contributed by atoms with Crippen LogP contribution < -0.4 is 5.73 Å². The number of carbonyl (C=O) groups is 1. The van der Waals surface area contributed by atoms with Gasteiger partial charge in [-0.2, -0.15) is 0 Å². The molecule has 0 amide bonds. The van der Waals surface area contributed by atoms with Crippen molar-refractivity contribution in [2.45, 2.75) is 19.9 Å². The quantitative estimate of drug-likeness (QED) is 0.826. The molecule has 0 unspecified atom stereocenters. The van der Waals surface area contributed by atoms with Crippen LogP contribution in [-0.2, 0) is 11.3 Å². The lowest BCUT2D eigenvalue weighted by molar-refractivity contribution is 0.0520. The Hall–Kier alpha value is -1.92. The Kier molecular flexibility index (Phi) is 5.30. The van der Waals surface area contributed by atoms with E-state index in [1.165, 1.54) is 0 Å². The molecule has 0 radical (unpaired) electrons. The number of aromatic nitrogens is 3. The summed E-state index contributed by atoms with van der Waals surface area (Å²) in [4.78, 5) is 12.0. The minimum atomic E-state index is -0.485. The fourth-order valence-corrected chi connectivity index (χ4v) is 2.07. The number of halogens is 1. The van der Waals surface area contributed by atoms with Gasteiger partial charge in [0.25, 0.3) is 0 Å². The minimum absolute atomic E-state index is 0.205. The molecule has 112 valence electrons. The van der Waals surface area contributed by atoms with Crippen LogP contribution in [0, 0.1) is 0 Å². The Morgan fingerprint density at radius 1 is 1.38 bits per heavy atom. The van der Waals surface area contributed by atoms with E-state index in [2.05, 4.69) is 10.3 Å². The number of ether oxygens (including phenoxy) is 1. The second-order valence-corrected chi connectivity index (χ2v) is 4.82. The van der Waals surface area contributed by atoms with E-state index >= 15 is 0 Å². The first kappa shape index (κ1) is 15.5. The van der Waals surface area contributed by atoms with Gasteiger partial charge in [-0.3, -0.25) is 0 Å². The molecule has 0 fully saturated rings. The molecule has 1 aromatic heterocycles. The lowest BCUT2D eigenvalue weighted by Crippen LogP contribution is -2.10. The van der Waals surface area contributed by atoms with Crippen LogP contribution in [0.15, 0.2) is 24.3 Å². The van der Waals surface area contributed by atoms with E-state index in [0.29, 0.717) is 23.8 Å². The van der Waals surface area contributed by atoms with Gasteiger partial charge in [0.15, 0.2) is 5.69 Å². The second kappa shape index (κ2) is 7.19. The smallest absolute Gasteiger partial charge is 0.361 e. The number of benzene rings is 1. The highest BCUT2D eigenvalue weighted by molar-refractivity contribution is 6.30. The van der Waals surface area contributed by atoms with Gasteiger partial charge in [0, 0.05) is 17.1 Å².